The Hall–Kier alpha value is -2.52. The Kier molecular flexibility index (Phi) is 6.59. The van der Waals surface area contributed by atoms with Crippen LogP contribution in [-0.2, 0) is 14.3 Å². The molecule has 1 unspecified atom stereocenters. The summed E-state index contributed by atoms with van der Waals surface area (Å²) < 4.78 is 10.7. The van der Waals surface area contributed by atoms with Gasteiger partial charge in [0.15, 0.2) is 5.90 Å². The van der Waals surface area contributed by atoms with Crippen molar-refractivity contribution in [2.75, 3.05) is 42.7 Å². The summed E-state index contributed by atoms with van der Waals surface area (Å²) in [4.78, 5) is 30.8. The molecule has 2 amide bonds. The van der Waals surface area contributed by atoms with Gasteiger partial charge in [-0.2, -0.15) is 0 Å². The molecule has 4 rings (SSSR count). The van der Waals surface area contributed by atoms with Crippen molar-refractivity contribution < 1.29 is 19.1 Å². The number of cyclic esters (lactones) is 1. The third kappa shape index (κ3) is 4.96. The molecule has 3 heterocycles. The molecule has 1 aromatic rings. The minimum absolute atomic E-state index is 0.0230. The molecule has 0 saturated carbocycles. The summed E-state index contributed by atoms with van der Waals surface area (Å²) >= 11 is 1.50. The lowest BCUT2D eigenvalue weighted by Gasteiger charge is -2.20. The van der Waals surface area contributed by atoms with Gasteiger partial charge in [-0.3, -0.25) is 9.69 Å². The standard InChI is InChI=1S/C21H26N4O4S/c1-28-20-9-14(6-8-23-20)3-2-7-22-11-16-12-25(21(27)29-16)15-4-5-18-17(10-15)24-19(26)13-30-18/h4-6,8,10,14,16,22H,2-3,7,9,11-13H2,1H3,(H,24,26)/t14?,16-/m1/s1. The van der Waals surface area contributed by atoms with Crippen LogP contribution in [-0.4, -0.2) is 56.5 Å². The number of fused-ring (bicyclic) bond motifs is 1. The van der Waals surface area contributed by atoms with Crippen molar-refractivity contribution in [2.45, 2.75) is 30.3 Å². The second kappa shape index (κ2) is 9.53. The van der Waals surface area contributed by atoms with Crippen LogP contribution in [0.1, 0.15) is 19.3 Å². The average Bonchev–Trinajstić information content (AvgIpc) is 3.13. The van der Waals surface area contributed by atoms with E-state index in [4.69, 9.17) is 9.47 Å². The van der Waals surface area contributed by atoms with Crippen molar-refractivity contribution in [3.63, 3.8) is 0 Å². The number of carbonyl (C=O) groups is 2. The maximum Gasteiger partial charge on any atom is 0.414 e. The number of benzene rings is 1. The molecule has 1 saturated heterocycles. The first kappa shape index (κ1) is 20.7. The maximum absolute atomic E-state index is 12.3. The van der Waals surface area contributed by atoms with Crippen molar-refractivity contribution in [2.24, 2.45) is 10.9 Å². The first-order chi connectivity index (χ1) is 14.6. The molecular formula is C21H26N4O4S. The molecule has 0 aliphatic carbocycles. The van der Waals surface area contributed by atoms with Crippen LogP contribution < -0.4 is 15.5 Å². The number of nitrogens with one attached hydrogen (secondary N) is 2. The van der Waals surface area contributed by atoms with E-state index in [1.807, 2.05) is 24.4 Å². The van der Waals surface area contributed by atoms with Gasteiger partial charge < -0.3 is 20.1 Å². The molecule has 2 N–H and O–H groups in total. The first-order valence-corrected chi connectivity index (χ1v) is 11.1. The number of hydrogen-bond acceptors (Lipinski definition) is 7. The van der Waals surface area contributed by atoms with Crippen LogP contribution in [0.5, 0.6) is 0 Å². The fourth-order valence-electron chi connectivity index (χ4n) is 3.76. The van der Waals surface area contributed by atoms with Crippen molar-refractivity contribution in [1.82, 2.24) is 5.32 Å². The number of hydrogen-bond donors (Lipinski definition) is 2. The molecule has 8 nitrogen and oxygen atoms in total. The molecular weight excluding hydrogens is 404 g/mol. The zero-order chi connectivity index (χ0) is 20.9. The predicted molar refractivity (Wildman–Crippen MR) is 117 cm³/mol. The number of amides is 2. The van der Waals surface area contributed by atoms with Crippen LogP contribution in [0.25, 0.3) is 0 Å². The minimum atomic E-state index is -0.352. The highest BCUT2D eigenvalue weighted by atomic mass is 32.2. The SMILES string of the molecule is COC1=NC=CC(CCCNC[C@@H]2CN(c3ccc4c(c3)NC(=O)CS4)C(=O)O2)C1. The Labute approximate surface area is 180 Å². The molecule has 3 aliphatic heterocycles. The second-order valence-corrected chi connectivity index (χ2v) is 8.53. The van der Waals surface area contributed by atoms with Gasteiger partial charge in [-0.1, -0.05) is 6.08 Å². The van der Waals surface area contributed by atoms with E-state index in [-0.39, 0.29) is 18.1 Å². The van der Waals surface area contributed by atoms with E-state index in [0.717, 1.165) is 48.0 Å². The Morgan fingerprint density at radius 3 is 3.17 bits per heavy atom. The van der Waals surface area contributed by atoms with Gasteiger partial charge in [0, 0.05) is 29.7 Å². The number of ether oxygens (including phenoxy) is 2. The number of rotatable bonds is 7. The van der Waals surface area contributed by atoms with Gasteiger partial charge in [-0.15, -0.1) is 11.8 Å². The minimum Gasteiger partial charge on any atom is -0.484 e. The Bertz CT molecular complexity index is 873. The van der Waals surface area contributed by atoms with Crippen molar-refractivity contribution >= 4 is 41.0 Å². The van der Waals surface area contributed by atoms with Gasteiger partial charge in [0.1, 0.15) is 6.10 Å². The van der Waals surface area contributed by atoms with Gasteiger partial charge in [0.05, 0.1) is 25.1 Å². The average molecular weight is 431 g/mol. The normalized spacial score (nSPS) is 23.0. The van der Waals surface area contributed by atoms with Gasteiger partial charge >= 0.3 is 6.09 Å². The summed E-state index contributed by atoms with van der Waals surface area (Å²) in [5.74, 6) is 1.64. The van der Waals surface area contributed by atoms with Crippen LogP contribution in [0.4, 0.5) is 16.2 Å². The molecule has 0 spiro atoms. The summed E-state index contributed by atoms with van der Waals surface area (Å²) in [5, 5.41) is 6.25. The molecule has 160 valence electrons. The summed E-state index contributed by atoms with van der Waals surface area (Å²) in [6, 6.07) is 5.68. The maximum atomic E-state index is 12.3. The molecule has 0 bridgehead atoms. The van der Waals surface area contributed by atoms with Gasteiger partial charge in [-0.05, 0) is 43.5 Å². The summed E-state index contributed by atoms with van der Waals surface area (Å²) in [6.45, 7) is 1.97. The largest absolute Gasteiger partial charge is 0.484 e. The number of aliphatic imine (C=N–C) groups is 1. The van der Waals surface area contributed by atoms with Crippen molar-refractivity contribution in [3.05, 3.63) is 30.5 Å². The number of allylic oxidation sites excluding steroid dienone is 1. The van der Waals surface area contributed by atoms with E-state index in [2.05, 4.69) is 21.7 Å². The Morgan fingerprint density at radius 2 is 2.30 bits per heavy atom. The topological polar surface area (TPSA) is 92.3 Å². The zero-order valence-electron chi connectivity index (χ0n) is 16.9. The molecule has 1 aromatic carbocycles. The molecule has 1 fully saturated rings. The third-order valence-electron chi connectivity index (χ3n) is 5.33. The van der Waals surface area contributed by atoms with Crippen molar-refractivity contribution in [1.29, 1.82) is 0 Å². The number of anilines is 2. The lowest BCUT2D eigenvalue weighted by molar-refractivity contribution is -0.113. The van der Waals surface area contributed by atoms with Crippen LogP contribution in [0.2, 0.25) is 0 Å². The quantitative estimate of drug-likeness (QED) is 0.646. The summed E-state index contributed by atoms with van der Waals surface area (Å²) in [5.41, 5.74) is 1.49. The van der Waals surface area contributed by atoms with Crippen LogP contribution >= 0.6 is 11.8 Å². The van der Waals surface area contributed by atoms with E-state index < -0.39 is 0 Å². The van der Waals surface area contributed by atoms with Crippen LogP contribution in [0.3, 0.4) is 0 Å². The molecule has 30 heavy (non-hydrogen) atoms. The van der Waals surface area contributed by atoms with Gasteiger partial charge in [-0.25, -0.2) is 9.79 Å². The van der Waals surface area contributed by atoms with Gasteiger partial charge in [0.2, 0.25) is 5.91 Å². The number of carbonyl (C=O) groups excluding carboxylic acids is 2. The summed E-state index contributed by atoms with van der Waals surface area (Å²) in [6.07, 6.45) is 6.33. The highest BCUT2D eigenvalue weighted by Gasteiger charge is 2.32. The molecule has 2 atom stereocenters. The highest BCUT2D eigenvalue weighted by Crippen LogP contribution is 2.35. The van der Waals surface area contributed by atoms with Gasteiger partial charge in [0.25, 0.3) is 0 Å². The molecule has 9 heteroatoms. The molecule has 3 aliphatic rings. The van der Waals surface area contributed by atoms with E-state index in [1.54, 1.807) is 12.0 Å². The Morgan fingerprint density at radius 1 is 1.40 bits per heavy atom. The van der Waals surface area contributed by atoms with E-state index in [1.165, 1.54) is 11.8 Å². The summed E-state index contributed by atoms with van der Waals surface area (Å²) in [7, 11) is 1.65. The van der Waals surface area contributed by atoms with E-state index in [9.17, 15) is 9.59 Å². The van der Waals surface area contributed by atoms with E-state index >= 15 is 0 Å². The predicted octanol–water partition coefficient (Wildman–Crippen LogP) is 3.00. The third-order valence-corrected chi connectivity index (χ3v) is 6.40. The smallest absolute Gasteiger partial charge is 0.414 e. The Balaban J connectivity index is 1.21. The molecule has 0 radical (unpaired) electrons. The van der Waals surface area contributed by atoms with Crippen LogP contribution in [0, 0.1) is 5.92 Å². The van der Waals surface area contributed by atoms with Crippen LogP contribution in [0.15, 0.2) is 40.4 Å². The first-order valence-electron chi connectivity index (χ1n) is 10.2. The lowest BCUT2D eigenvalue weighted by atomic mass is 9.98. The molecule has 0 aromatic heterocycles. The number of methoxy groups -OCH3 is 1. The monoisotopic (exact) mass is 430 g/mol. The highest BCUT2D eigenvalue weighted by molar-refractivity contribution is 8.00. The van der Waals surface area contributed by atoms with E-state index in [0.29, 0.717) is 24.8 Å². The fourth-order valence-corrected chi connectivity index (χ4v) is 4.55. The zero-order valence-corrected chi connectivity index (χ0v) is 17.7. The fraction of sp³-hybridized carbons (Fsp3) is 0.476. The number of thioether (sulfide) groups is 1. The second-order valence-electron chi connectivity index (χ2n) is 7.51. The lowest BCUT2D eigenvalue weighted by Crippen LogP contribution is -2.31. The number of nitrogens with zero attached hydrogens (tertiary/aromatic N) is 2. The van der Waals surface area contributed by atoms with Crippen molar-refractivity contribution in [3.8, 4) is 0 Å².